The molecule has 0 aliphatic rings. The van der Waals surface area contributed by atoms with Gasteiger partial charge in [0.25, 0.3) is 0 Å². The lowest BCUT2D eigenvalue weighted by atomic mass is 10.1. The van der Waals surface area contributed by atoms with E-state index in [4.69, 9.17) is 5.73 Å². The van der Waals surface area contributed by atoms with E-state index < -0.39 is 0 Å². The summed E-state index contributed by atoms with van der Waals surface area (Å²) in [5.74, 6) is 0.370. The zero-order valence-corrected chi connectivity index (χ0v) is 9.09. The first-order valence-corrected chi connectivity index (χ1v) is 5.32. The van der Waals surface area contributed by atoms with Gasteiger partial charge in [-0.1, -0.05) is 30.3 Å². The number of nitrogens with zero attached hydrogens (tertiary/aromatic N) is 3. The number of nitrogens with two attached hydrogens (primary N) is 1. The number of hydrogen-bond acceptors (Lipinski definition) is 4. The average Bonchev–Trinajstić information content (AvgIpc) is 2.72. The zero-order valence-electron chi connectivity index (χ0n) is 9.09. The highest BCUT2D eigenvalue weighted by Gasteiger charge is 2.08. The first-order chi connectivity index (χ1) is 8.33. The Morgan fingerprint density at radius 2 is 1.94 bits per heavy atom. The van der Waals surface area contributed by atoms with Crippen LogP contribution in [-0.4, -0.2) is 19.9 Å². The number of anilines is 1. The van der Waals surface area contributed by atoms with Crippen molar-refractivity contribution in [3.05, 3.63) is 47.9 Å². The van der Waals surface area contributed by atoms with E-state index in [1.54, 1.807) is 0 Å². The number of H-pyrrole nitrogens is 1. The summed E-state index contributed by atoms with van der Waals surface area (Å²) < 4.78 is 0. The maximum Gasteiger partial charge on any atom is 0.200 e. The van der Waals surface area contributed by atoms with Crippen molar-refractivity contribution in [2.75, 3.05) is 5.73 Å². The maximum atomic E-state index is 5.62. The number of nitrogens with one attached hydrogen (secondary N) is 1. The van der Waals surface area contributed by atoms with E-state index in [0.29, 0.717) is 11.6 Å². The van der Waals surface area contributed by atoms with Gasteiger partial charge in [0.05, 0.1) is 5.69 Å². The number of benzene rings is 1. The van der Waals surface area contributed by atoms with Crippen molar-refractivity contribution in [1.29, 1.82) is 0 Å². The van der Waals surface area contributed by atoms with Gasteiger partial charge in [-0.15, -0.1) is 0 Å². The highest BCUT2D eigenvalue weighted by atomic mass is 15.1. The molecule has 0 fully saturated rings. The second-order valence-electron chi connectivity index (χ2n) is 3.80. The van der Waals surface area contributed by atoms with Crippen LogP contribution in [0.25, 0.3) is 11.2 Å². The van der Waals surface area contributed by atoms with Crippen molar-refractivity contribution in [3.63, 3.8) is 0 Å². The van der Waals surface area contributed by atoms with Crippen LogP contribution in [0.5, 0.6) is 0 Å². The quantitative estimate of drug-likeness (QED) is 0.693. The molecule has 0 aliphatic carbocycles. The van der Waals surface area contributed by atoms with E-state index in [-0.39, 0.29) is 0 Å². The summed E-state index contributed by atoms with van der Waals surface area (Å²) >= 11 is 0. The van der Waals surface area contributed by atoms with Gasteiger partial charge < -0.3 is 10.7 Å². The standard InChI is InChI=1S/C12H11N5/c13-12-16-10-9(14-7-15-11(10)17-12)6-8-4-2-1-3-5-8/h1-5,7H,6H2,(H3,13,14,15,16,17). The molecule has 3 aromatic rings. The predicted octanol–water partition coefficient (Wildman–Crippen LogP) is 1.53. The average molecular weight is 225 g/mol. The molecule has 0 unspecified atom stereocenters. The molecular formula is C12H11N5. The lowest BCUT2D eigenvalue weighted by Crippen LogP contribution is -1.95. The third kappa shape index (κ3) is 1.82. The highest BCUT2D eigenvalue weighted by Crippen LogP contribution is 2.16. The smallest absolute Gasteiger partial charge is 0.200 e. The fourth-order valence-corrected chi connectivity index (χ4v) is 1.82. The Morgan fingerprint density at radius 1 is 1.12 bits per heavy atom. The Kier molecular flexibility index (Phi) is 2.22. The van der Waals surface area contributed by atoms with Crippen LogP contribution < -0.4 is 5.73 Å². The molecule has 0 saturated heterocycles. The molecule has 17 heavy (non-hydrogen) atoms. The summed E-state index contributed by atoms with van der Waals surface area (Å²) in [6, 6.07) is 10.1. The summed E-state index contributed by atoms with van der Waals surface area (Å²) in [5.41, 5.74) is 9.15. The largest absolute Gasteiger partial charge is 0.369 e. The molecule has 3 rings (SSSR count). The maximum absolute atomic E-state index is 5.62. The van der Waals surface area contributed by atoms with Crippen LogP contribution in [0.1, 0.15) is 11.3 Å². The van der Waals surface area contributed by atoms with Crippen LogP contribution in [0.3, 0.4) is 0 Å². The summed E-state index contributed by atoms with van der Waals surface area (Å²) in [4.78, 5) is 15.4. The lowest BCUT2D eigenvalue weighted by molar-refractivity contribution is 1.05. The molecule has 5 heteroatoms. The van der Waals surface area contributed by atoms with E-state index in [1.807, 2.05) is 18.2 Å². The van der Waals surface area contributed by atoms with Gasteiger partial charge >= 0.3 is 0 Å². The third-order valence-electron chi connectivity index (χ3n) is 2.60. The van der Waals surface area contributed by atoms with Gasteiger partial charge in [0.15, 0.2) is 11.6 Å². The minimum atomic E-state index is 0.370. The van der Waals surface area contributed by atoms with Gasteiger partial charge in [0, 0.05) is 6.42 Å². The van der Waals surface area contributed by atoms with Crippen LogP contribution in [0.2, 0.25) is 0 Å². The molecule has 1 aromatic carbocycles. The van der Waals surface area contributed by atoms with Gasteiger partial charge in [0.2, 0.25) is 0 Å². The Hall–Kier alpha value is -2.43. The van der Waals surface area contributed by atoms with Crippen LogP contribution in [0.15, 0.2) is 36.7 Å². The topological polar surface area (TPSA) is 80.5 Å². The summed E-state index contributed by atoms with van der Waals surface area (Å²) in [6.45, 7) is 0. The molecule has 0 aliphatic heterocycles. The Bertz CT molecular complexity index is 644. The highest BCUT2D eigenvalue weighted by molar-refractivity contribution is 5.75. The van der Waals surface area contributed by atoms with Crippen molar-refractivity contribution >= 4 is 17.1 Å². The van der Waals surface area contributed by atoms with E-state index >= 15 is 0 Å². The van der Waals surface area contributed by atoms with Gasteiger partial charge in [0.1, 0.15) is 11.8 Å². The number of fused-ring (bicyclic) bond motifs is 1. The monoisotopic (exact) mass is 225 g/mol. The minimum absolute atomic E-state index is 0.370. The van der Waals surface area contributed by atoms with Crippen LogP contribution in [0, 0.1) is 0 Å². The molecule has 0 saturated carbocycles. The lowest BCUT2D eigenvalue weighted by Gasteiger charge is -2.01. The second kappa shape index (κ2) is 3.86. The van der Waals surface area contributed by atoms with E-state index in [2.05, 4.69) is 32.1 Å². The first kappa shape index (κ1) is 9.77. The van der Waals surface area contributed by atoms with E-state index in [1.165, 1.54) is 11.9 Å². The molecule has 0 amide bonds. The van der Waals surface area contributed by atoms with Gasteiger partial charge in [-0.2, -0.15) is 4.98 Å². The van der Waals surface area contributed by atoms with Crippen molar-refractivity contribution in [2.45, 2.75) is 6.42 Å². The fourth-order valence-electron chi connectivity index (χ4n) is 1.82. The molecule has 0 radical (unpaired) electrons. The summed E-state index contributed by atoms with van der Waals surface area (Å²) in [7, 11) is 0. The Balaban J connectivity index is 2.06. The molecule has 0 atom stereocenters. The zero-order chi connectivity index (χ0) is 11.7. The molecule has 0 bridgehead atoms. The van der Waals surface area contributed by atoms with Crippen molar-refractivity contribution < 1.29 is 0 Å². The van der Waals surface area contributed by atoms with E-state index in [9.17, 15) is 0 Å². The minimum Gasteiger partial charge on any atom is -0.369 e. The molecule has 0 spiro atoms. The van der Waals surface area contributed by atoms with Gasteiger partial charge in [-0.3, -0.25) is 0 Å². The van der Waals surface area contributed by atoms with Crippen LogP contribution >= 0.6 is 0 Å². The number of hydrogen-bond donors (Lipinski definition) is 2. The van der Waals surface area contributed by atoms with Crippen LogP contribution in [0.4, 0.5) is 5.95 Å². The summed E-state index contributed by atoms with van der Waals surface area (Å²) in [6.07, 6.45) is 2.25. The van der Waals surface area contributed by atoms with E-state index in [0.717, 1.165) is 17.6 Å². The third-order valence-corrected chi connectivity index (χ3v) is 2.60. The Labute approximate surface area is 97.7 Å². The molecule has 2 heterocycles. The van der Waals surface area contributed by atoms with Gasteiger partial charge in [-0.25, -0.2) is 9.97 Å². The Morgan fingerprint density at radius 3 is 2.76 bits per heavy atom. The number of aromatic nitrogens is 4. The molecule has 3 N–H and O–H groups in total. The van der Waals surface area contributed by atoms with Crippen molar-refractivity contribution in [3.8, 4) is 0 Å². The van der Waals surface area contributed by atoms with Crippen LogP contribution in [-0.2, 0) is 6.42 Å². The number of rotatable bonds is 2. The number of aromatic amines is 1. The molecule has 84 valence electrons. The second-order valence-corrected chi connectivity index (χ2v) is 3.80. The predicted molar refractivity (Wildman–Crippen MR) is 65.3 cm³/mol. The van der Waals surface area contributed by atoms with Gasteiger partial charge in [-0.05, 0) is 5.56 Å². The summed E-state index contributed by atoms with van der Waals surface area (Å²) in [5, 5.41) is 0. The normalized spacial score (nSPS) is 10.8. The molecule has 5 nitrogen and oxygen atoms in total. The van der Waals surface area contributed by atoms with Crippen molar-refractivity contribution in [1.82, 2.24) is 19.9 Å². The fraction of sp³-hybridized carbons (Fsp3) is 0.0833. The SMILES string of the molecule is Nc1nc2ncnc(Cc3ccccc3)c2[nH]1. The molecule has 2 aromatic heterocycles. The van der Waals surface area contributed by atoms with Crippen molar-refractivity contribution in [2.24, 2.45) is 0 Å². The molecular weight excluding hydrogens is 214 g/mol. The number of imidazole rings is 1. The first-order valence-electron chi connectivity index (χ1n) is 5.32. The number of nitrogen functional groups attached to an aromatic ring is 1.